The summed E-state index contributed by atoms with van der Waals surface area (Å²) in [4.78, 5) is 28.1. The van der Waals surface area contributed by atoms with Crippen molar-refractivity contribution in [2.45, 2.75) is 78.9 Å². The number of nitrogens with zero attached hydrogens (tertiary/aromatic N) is 1. The Bertz CT molecular complexity index is 1120. The molecular formula is C30H39NO5. The van der Waals surface area contributed by atoms with E-state index in [0.29, 0.717) is 24.5 Å². The van der Waals surface area contributed by atoms with Crippen molar-refractivity contribution in [2.24, 2.45) is 0 Å². The molecule has 1 unspecified atom stereocenters. The normalized spacial score (nSPS) is 17.3. The highest BCUT2D eigenvalue weighted by Crippen LogP contribution is 2.41. The van der Waals surface area contributed by atoms with E-state index in [1.165, 1.54) is 0 Å². The van der Waals surface area contributed by atoms with Gasteiger partial charge in [0.25, 0.3) is 11.7 Å². The van der Waals surface area contributed by atoms with Crippen molar-refractivity contribution in [2.75, 3.05) is 13.2 Å². The lowest BCUT2D eigenvalue weighted by Crippen LogP contribution is -2.30. The van der Waals surface area contributed by atoms with Crippen molar-refractivity contribution in [3.8, 4) is 11.5 Å². The number of hydrogen-bond acceptors (Lipinski definition) is 5. The average molecular weight is 494 g/mol. The van der Waals surface area contributed by atoms with Crippen molar-refractivity contribution in [1.82, 2.24) is 4.90 Å². The van der Waals surface area contributed by atoms with Crippen LogP contribution in [0.15, 0.2) is 48.0 Å². The van der Waals surface area contributed by atoms with E-state index in [1.54, 1.807) is 11.0 Å². The largest absolute Gasteiger partial charge is 0.507 e. The molecule has 1 saturated heterocycles. The Morgan fingerprint density at radius 3 is 2.42 bits per heavy atom. The van der Waals surface area contributed by atoms with E-state index < -0.39 is 17.7 Å². The second-order valence-electron chi connectivity index (χ2n) is 9.78. The minimum atomic E-state index is -0.688. The highest BCUT2D eigenvalue weighted by atomic mass is 16.5. The van der Waals surface area contributed by atoms with Gasteiger partial charge in [-0.3, -0.25) is 9.59 Å². The summed E-state index contributed by atoms with van der Waals surface area (Å²) in [6.45, 7) is 13.0. The number of likely N-dealkylation sites (tertiary alicyclic amines) is 1. The van der Waals surface area contributed by atoms with Crippen LogP contribution in [0.3, 0.4) is 0 Å². The molecule has 1 atom stereocenters. The van der Waals surface area contributed by atoms with Crippen LogP contribution in [0, 0.1) is 0 Å². The van der Waals surface area contributed by atoms with E-state index >= 15 is 0 Å². The molecule has 2 aromatic rings. The third-order valence-corrected chi connectivity index (χ3v) is 6.29. The van der Waals surface area contributed by atoms with Gasteiger partial charge in [0.15, 0.2) is 0 Å². The Balaban J connectivity index is 2.16. The van der Waals surface area contributed by atoms with Crippen LogP contribution in [0.4, 0.5) is 0 Å². The van der Waals surface area contributed by atoms with Gasteiger partial charge in [0.2, 0.25) is 0 Å². The summed E-state index contributed by atoms with van der Waals surface area (Å²) in [5.74, 6) is 0.142. The third-order valence-electron chi connectivity index (χ3n) is 6.29. The number of unbranched alkanes of at least 4 members (excludes halogenated alkanes) is 2. The van der Waals surface area contributed by atoms with Crippen molar-refractivity contribution >= 4 is 17.4 Å². The van der Waals surface area contributed by atoms with E-state index in [-0.39, 0.29) is 23.4 Å². The molecule has 1 N–H and O–H groups in total. The zero-order chi connectivity index (χ0) is 26.4. The standard InChI is InChI=1S/C30H39NO5/c1-7-9-10-16-31-27(21-12-11-13-23(17-21)36-20(5)6)26(29(33)30(31)34)28(32)22-14-15-25(35-8-2)24(18-22)19(3)4/h11-15,17-20,27,32H,7-10,16H2,1-6H3/b28-26+. The van der Waals surface area contributed by atoms with Gasteiger partial charge in [0.05, 0.1) is 24.3 Å². The van der Waals surface area contributed by atoms with Gasteiger partial charge < -0.3 is 19.5 Å². The van der Waals surface area contributed by atoms with Crippen molar-refractivity contribution in [3.05, 3.63) is 64.7 Å². The molecule has 1 heterocycles. The van der Waals surface area contributed by atoms with Gasteiger partial charge in [-0.15, -0.1) is 0 Å². The van der Waals surface area contributed by atoms with E-state index in [1.807, 2.05) is 57.2 Å². The number of aliphatic hydroxyl groups is 1. The first-order valence-corrected chi connectivity index (χ1v) is 13.0. The Labute approximate surface area is 214 Å². The number of ketones is 1. The second kappa shape index (κ2) is 12.1. The van der Waals surface area contributed by atoms with Crippen molar-refractivity contribution in [3.63, 3.8) is 0 Å². The van der Waals surface area contributed by atoms with Crippen LogP contribution in [-0.2, 0) is 9.59 Å². The first kappa shape index (κ1) is 27.3. The van der Waals surface area contributed by atoms with Crippen LogP contribution in [0.2, 0.25) is 0 Å². The smallest absolute Gasteiger partial charge is 0.295 e. The topological polar surface area (TPSA) is 76.1 Å². The van der Waals surface area contributed by atoms with Crippen molar-refractivity contribution in [1.29, 1.82) is 0 Å². The molecule has 3 rings (SSSR count). The van der Waals surface area contributed by atoms with Crippen molar-refractivity contribution < 1.29 is 24.2 Å². The summed E-state index contributed by atoms with van der Waals surface area (Å²) in [6, 6.07) is 12.2. The molecule has 6 nitrogen and oxygen atoms in total. The number of carbonyl (C=O) groups excluding carboxylic acids is 2. The monoisotopic (exact) mass is 493 g/mol. The second-order valence-corrected chi connectivity index (χ2v) is 9.78. The minimum Gasteiger partial charge on any atom is -0.507 e. The SMILES string of the molecule is CCCCCN1C(=O)C(=O)/C(=C(/O)c2ccc(OCC)c(C(C)C)c2)C1c1cccc(OC(C)C)c1. The molecule has 0 aliphatic carbocycles. The van der Waals surface area contributed by atoms with E-state index in [4.69, 9.17) is 9.47 Å². The third kappa shape index (κ3) is 5.92. The first-order valence-electron chi connectivity index (χ1n) is 13.0. The molecule has 194 valence electrons. The minimum absolute atomic E-state index is 0.0190. The summed E-state index contributed by atoms with van der Waals surface area (Å²) >= 11 is 0. The molecule has 0 spiro atoms. The first-order chi connectivity index (χ1) is 17.2. The summed E-state index contributed by atoms with van der Waals surface area (Å²) in [5, 5.41) is 11.5. The molecule has 1 aliphatic heterocycles. The molecular weight excluding hydrogens is 454 g/mol. The van der Waals surface area contributed by atoms with E-state index in [2.05, 4.69) is 20.8 Å². The lowest BCUT2D eigenvalue weighted by Gasteiger charge is -2.26. The lowest BCUT2D eigenvalue weighted by atomic mass is 9.93. The number of aliphatic hydroxyl groups excluding tert-OH is 1. The Morgan fingerprint density at radius 1 is 1.03 bits per heavy atom. The summed E-state index contributed by atoms with van der Waals surface area (Å²) < 4.78 is 11.6. The summed E-state index contributed by atoms with van der Waals surface area (Å²) in [5.41, 5.74) is 2.27. The zero-order valence-electron chi connectivity index (χ0n) is 22.3. The molecule has 0 radical (unpaired) electrons. The Kier molecular flexibility index (Phi) is 9.19. The highest BCUT2D eigenvalue weighted by molar-refractivity contribution is 6.46. The molecule has 1 amide bonds. The number of Topliss-reactive ketones (excluding diaryl/α,β-unsaturated/α-hetero) is 1. The molecule has 0 aromatic heterocycles. The van der Waals surface area contributed by atoms with Crippen LogP contribution in [0.25, 0.3) is 5.76 Å². The van der Waals surface area contributed by atoms with Crippen LogP contribution >= 0.6 is 0 Å². The highest BCUT2D eigenvalue weighted by Gasteiger charge is 2.46. The Morgan fingerprint density at radius 2 is 1.78 bits per heavy atom. The molecule has 0 saturated carbocycles. The average Bonchev–Trinajstić information content (AvgIpc) is 3.09. The van der Waals surface area contributed by atoms with Crippen LogP contribution in [0.5, 0.6) is 11.5 Å². The number of carbonyl (C=O) groups is 2. The van der Waals surface area contributed by atoms with Gasteiger partial charge in [0.1, 0.15) is 17.3 Å². The lowest BCUT2D eigenvalue weighted by molar-refractivity contribution is -0.139. The predicted molar refractivity (Wildman–Crippen MR) is 142 cm³/mol. The van der Waals surface area contributed by atoms with E-state index in [0.717, 1.165) is 36.1 Å². The fourth-order valence-corrected chi connectivity index (χ4v) is 4.61. The van der Waals surface area contributed by atoms with Crippen LogP contribution < -0.4 is 9.47 Å². The number of amides is 1. The summed E-state index contributed by atoms with van der Waals surface area (Å²) in [6.07, 6.45) is 2.71. The predicted octanol–water partition coefficient (Wildman–Crippen LogP) is 6.61. The molecule has 2 aromatic carbocycles. The van der Waals surface area contributed by atoms with Gasteiger partial charge in [0, 0.05) is 12.1 Å². The maximum atomic E-state index is 13.3. The van der Waals surface area contributed by atoms with Gasteiger partial charge in [-0.2, -0.15) is 0 Å². The fraction of sp³-hybridized carbons (Fsp3) is 0.467. The van der Waals surface area contributed by atoms with Gasteiger partial charge in [-0.25, -0.2) is 0 Å². The molecule has 36 heavy (non-hydrogen) atoms. The summed E-state index contributed by atoms with van der Waals surface area (Å²) in [7, 11) is 0. The quantitative estimate of drug-likeness (QED) is 0.165. The van der Waals surface area contributed by atoms with E-state index in [9.17, 15) is 14.7 Å². The number of benzene rings is 2. The number of hydrogen-bond donors (Lipinski definition) is 1. The van der Waals surface area contributed by atoms with Crippen LogP contribution in [-0.4, -0.2) is 41.0 Å². The number of ether oxygens (including phenoxy) is 2. The fourth-order valence-electron chi connectivity index (χ4n) is 4.61. The molecule has 6 heteroatoms. The molecule has 0 bridgehead atoms. The maximum Gasteiger partial charge on any atom is 0.295 e. The molecule has 1 aliphatic rings. The number of rotatable bonds is 11. The van der Waals surface area contributed by atoms with Gasteiger partial charge in [-0.05, 0) is 74.6 Å². The zero-order valence-corrected chi connectivity index (χ0v) is 22.3. The van der Waals surface area contributed by atoms with Gasteiger partial charge in [-0.1, -0.05) is 45.7 Å². The maximum absolute atomic E-state index is 13.3. The molecule has 1 fully saturated rings. The van der Waals surface area contributed by atoms with Crippen LogP contribution in [0.1, 0.15) is 89.5 Å². The Hall–Kier alpha value is -3.28. The van der Waals surface area contributed by atoms with Gasteiger partial charge >= 0.3 is 0 Å².